The standard InChI is InChI=1S/C20H21N3O2/c1-4-23-18-11-6-5-10-17(18)13(2)19(23)20(25)22-16-9-7-8-15(12-16)21-14(3)24/h5-12H,4H2,1-3H3,(H,21,24)(H,22,25). The molecule has 0 fully saturated rings. The van der Waals surface area contributed by atoms with Gasteiger partial charge in [0, 0.05) is 35.7 Å². The molecular weight excluding hydrogens is 314 g/mol. The normalized spacial score (nSPS) is 10.7. The van der Waals surface area contributed by atoms with Gasteiger partial charge < -0.3 is 15.2 Å². The van der Waals surface area contributed by atoms with E-state index in [0.717, 1.165) is 16.5 Å². The summed E-state index contributed by atoms with van der Waals surface area (Å²) in [6.45, 7) is 6.16. The Morgan fingerprint density at radius 2 is 1.68 bits per heavy atom. The summed E-state index contributed by atoms with van der Waals surface area (Å²) in [5, 5.41) is 6.74. The van der Waals surface area contributed by atoms with E-state index in [0.29, 0.717) is 23.6 Å². The number of aryl methyl sites for hydroxylation is 2. The van der Waals surface area contributed by atoms with Crippen LogP contribution in [-0.2, 0) is 11.3 Å². The Morgan fingerprint density at radius 1 is 1.00 bits per heavy atom. The molecule has 0 spiro atoms. The predicted molar refractivity (Wildman–Crippen MR) is 101 cm³/mol. The first-order chi connectivity index (χ1) is 12.0. The van der Waals surface area contributed by atoms with Crippen molar-refractivity contribution in [3.05, 3.63) is 59.8 Å². The lowest BCUT2D eigenvalue weighted by atomic mass is 10.1. The van der Waals surface area contributed by atoms with Crippen LogP contribution in [0.2, 0.25) is 0 Å². The van der Waals surface area contributed by atoms with E-state index in [9.17, 15) is 9.59 Å². The minimum atomic E-state index is -0.157. The maximum atomic E-state index is 12.9. The highest BCUT2D eigenvalue weighted by molar-refractivity contribution is 6.08. The highest BCUT2D eigenvalue weighted by Gasteiger charge is 2.19. The number of benzene rings is 2. The Bertz CT molecular complexity index is 957. The van der Waals surface area contributed by atoms with Gasteiger partial charge in [0.05, 0.1) is 0 Å². The van der Waals surface area contributed by atoms with E-state index in [2.05, 4.69) is 10.6 Å². The summed E-state index contributed by atoms with van der Waals surface area (Å²) in [5.74, 6) is -0.305. The molecule has 1 aromatic heterocycles. The van der Waals surface area contributed by atoms with Gasteiger partial charge in [-0.1, -0.05) is 24.3 Å². The van der Waals surface area contributed by atoms with Crippen LogP contribution in [0, 0.1) is 6.92 Å². The van der Waals surface area contributed by atoms with Crippen molar-refractivity contribution in [2.45, 2.75) is 27.3 Å². The summed E-state index contributed by atoms with van der Waals surface area (Å²) < 4.78 is 2.03. The first kappa shape index (κ1) is 16.8. The second-order valence-corrected chi connectivity index (χ2v) is 5.95. The first-order valence-electron chi connectivity index (χ1n) is 8.28. The van der Waals surface area contributed by atoms with Crippen molar-refractivity contribution < 1.29 is 9.59 Å². The number of hydrogen-bond acceptors (Lipinski definition) is 2. The quantitative estimate of drug-likeness (QED) is 0.751. The lowest BCUT2D eigenvalue weighted by Gasteiger charge is -2.11. The molecular formula is C20H21N3O2. The van der Waals surface area contributed by atoms with E-state index in [1.807, 2.05) is 42.7 Å². The molecule has 0 saturated heterocycles. The lowest BCUT2D eigenvalue weighted by Crippen LogP contribution is -2.18. The molecule has 1 heterocycles. The number of carbonyl (C=O) groups is 2. The zero-order valence-electron chi connectivity index (χ0n) is 14.6. The summed E-state index contributed by atoms with van der Waals surface area (Å²) in [4.78, 5) is 24.1. The fourth-order valence-corrected chi connectivity index (χ4v) is 3.17. The summed E-state index contributed by atoms with van der Waals surface area (Å²) in [6, 6.07) is 15.1. The third-order valence-corrected chi connectivity index (χ3v) is 4.20. The number of carbonyl (C=O) groups excluding carboxylic acids is 2. The molecule has 0 aliphatic rings. The molecule has 2 aromatic carbocycles. The molecule has 128 valence electrons. The number of nitrogens with zero attached hydrogens (tertiary/aromatic N) is 1. The highest BCUT2D eigenvalue weighted by Crippen LogP contribution is 2.26. The van der Waals surface area contributed by atoms with Crippen molar-refractivity contribution in [1.82, 2.24) is 4.57 Å². The largest absolute Gasteiger partial charge is 0.337 e. The number of rotatable bonds is 4. The van der Waals surface area contributed by atoms with E-state index < -0.39 is 0 Å². The molecule has 5 nitrogen and oxygen atoms in total. The van der Waals surface area contributed by atoms with E-state index in [1.54, 1.807) is 24.3 Å². The molecule has 3 aromatic rings. The number of amides is 2. The highest BCUT2D eigenvalue weighted by atomic mass is 16.2. The number of anilines is 2. The third-order valence-electron chi connectivity index (χ3n) is 4.20. The molecule has 25 heavy (non-hydrogen) atoms. The van der Waals surface area contributed by atoms with Crippen LogP contribution < -0.4 is 10.6 Å². The fraction of sp³-hybridized carbons (Fsp3) is 0.200. The average molecular weight is 335 g/mol. The molecule has 2 amide bonds. The van der Waals surface area contributed by atoms with Crippen molar-refractivity contribution >= 4 is 34.1 Å². The van der Waals surface area contributed by atoms with E-state index in [1.165, 1.54) is 6.92 Å². The summed E-state index contributed by atoms with van der Waals surface area (Å²) in [6.07, 6.45) is 0. The van der Waals surface area contributed by atoms with Crippen molar-refractivity contribution in [3.63, 3.8) is 0 Å². The number of nitrogens with one attached hydrogen (secondary N) is 2. The van der Waals surface area contributed by atoms with Gasteiger partial charge in [-0.25, -0.2) is 0 Å². The van der Waals surface area contributed by atoms with E-state index >= 15 is 0 Å². The Kier molecular flexibility index (Phi) is 4.57. The maximum Gasteiger partial charge on any atom is 0.272 e. The average Bonchev–Trinajstić information content (AvgIpc) is 2.87. The van der Waals surface area contributed by atoms with Crippen molar-refractivity contribution in [1.29, 1.82) is 0 Å². The molecule has 0 atom stereocenters. The Morgan fingerprint density at radius 3 is 2.36 bits per heavy atom. The Balaban J connectivity index is 1.95. The Labute approximate surface area is 146 Å². The predicted octanol–water partition coefficient (Wildman–Crippen LogP) is 4.18. The number of hydrogen-bond donors (Lipinski definition) is 2. The summed E-state index contributed by atoms with van der Waals surface area (Å²) >= 11 is 0. The van der Waals surface area contributed by atoms with Gasteiger partial charge in [0.2, 0.25) is 5.91 Å². The zero-order valence-corrected chi connectivity index (χ0v) is 14.6. The molecule has 0 saturated carbocycles. The molecule has 0 aliphatic heterocycles. The summed E-state index contributed by atoms with van der Waals surface area (Å²) in [5.41, 5.74) is 3.97. The maximum absolute atomic E-state index is 12.9. The number of para-hydroxylation sites is 1. The lowest BCUT2D eigenvalue weighted by molar-refractivity contribution is -0.114. The molecule has 0 aliphatic carbocycles. The van der Waals surface area contributed by atoms with Crippen LogP contribution in [0.1, 0.15) is 29.9 Å². The van der Waals surface area contributed by atoms with Gasteiger partial charge in [-0.3, -0.25) is 9.59 Å². The van der Waals surface area contributed by atoms with Crippen molar-refractivity contribution in [2.24, 2.45) is 0 Å². The third kappa shape index (κ3) is 3.26. The molecule has 0 bridgehead atoms. The van der Waals surface area contributed by atoms with Gasteiger partial charge in [0.25, 0.3) is 5.91 Å². The smallest absolute Gasteiger partial charge is 0.272 e. The van der Waals surface area contributed by atoms with Crippen molar-refractivity contribution in [2.75, 3.05) is 10.6 Å². The van der Waals surface area contributed by atoms with Crippen LogP contribution in [0.3, 0.4) is 0 Å². The van der Waals surface area contributed by atoms with Gasteiger partial charge in [-0.2, -0.15) is 0 Å². The fourth-order valence-electron chi connectivity index (χ4n) is 3.17. The minimum Gasteiger partial charge on any atom is -0.337 e. The van der Waals surface area contributed by atoms with Gasteiger partial charge in [0.1, 0.15) is 5.69 Å². The van der Waals surface area contributed by atoms with Crippen LogP contribution in [0.25, 0.3) is 10.9 Å². The second kappa shape index (κ2) is 6.81. The first-order valence-corrected chi connectivity index (χ1v) is 8.28. The van der Waals surface area contributed by atoms with Gasteiger partial charge >= 0.3 is 0 Å². The second-order valence-electron chi connectivity index (χ2n) is 5.95. The van der Waals surface area contributed by atoms with Gasteiger partial charge in [-0.05, 0) is 43.7 Å². The van der Waals surface area contributed by atoms with E-state index in [4.69, 9.17) is 0 Å². The minimum absolute atomic E-state index is 0.148. The number of aromatic nitrogens is 1. The van der Waals surface area contributed by atoms with Crippen molar-refractivity contribution in [3.8, 4) is 0 Å². The molecule has 0 radical (unpaired) electrons. The van der Waals surface area contributed by atoms with Crippen LogP contribution in [0.4, 0.5) is 11.4 Å². The molecule has 0 unspecified atom stereocenters. The molecule has 2 N–H and O–H groups in total. The molecule has 3 rings (SSSR count). The van der Waals surface area contributed by atoms with Crippen LogP contribution >= 0.6 is 0 Å². The van der Waals surface area contributed by atoms with Crippen LogP contribution in [-0.4, -0.2) is 16.4 Å². The van der Waals surface area contributed by atoms with Crippen LogP contribution in [0.5, 0.6) is 0 Å². The zero-order chi connectivity index (χ0) is 18.0. The number of fused-ring (bicyclic) bond motifs is 1. The summed E-state index contributed by atoms with van der Waals surface area (Å²) in [7, 11) is 0. The van der Waals surface area contributed by atoms with Gasteiger partial charge in [0.15, 0.2) is 0 Å². The van der Waals surface area contributed by atoms with E-state index in [-0.39, 0.29) is 11.8 Å². The SMILES string of the molecule is CCn1c(C(=O)Nc2cccc(NC(C)=O)c2)c(C)c2ccccc21. The monoisotopic (exact) mass is 335 g/mol. The Hall–Kier alpha value is -3.08. The topological polar surface area (TPSA) is 63.1 Å². The van der Waals surface area contributed by atoms with Crippen LogP contribution in [0.15, 0.2) is 48.5 Å². The van der Waals surface area contributed by atoms with Gasteiger partial charge in [-0.15, -0.1) is 0 Å². The molecule has 5 heteroatoms.